The number of nitrogens with zero attached hydrogens (tertiary/aromatic N) is 5. The van der Waals surface area contributed by atoms with E-state index in [0.717, 1.165) is 17.2 Å². The smallest absolute Gasteiger partial charge is 0.274 e. The topological polar surface area (TPSA) is 56.0 Å². The molecule has 4 aromatic rings. The molecule has 1 unspecified atom stereocenters. The van der Waals surface area contributed by atoms with E-state index in [1.165, 1.54) is 22.4 Å². The van der Waals surface area contributed by atoms with Gasteiger partial charge in [-0.1, -0.05) is 24.3 Å². The summed E-state index contributed by atoms with van der Waals surface area (Å²) in [4.78, 5) is 15.2. The molecule has 6 nitrogen and oxygen atoms in total. The second-order valence-corrected chi connectivity index (χ2v) is 8.06. The van der Waals surface area contributed by atoms with Crippen LogP contribution in [0.5, 0.6) is 0 Å². The molecule has 3 heterocycles. The fraction of sp³-hybridized carbons (Fsp3) is 0.208. The fourth-order valence-electron chi connectivity index (χ4n) is 4.30. The van der Waals surface area contributed by atoms with E-state index in [2.05, 4.69) is 16.3 Å². The monoisotopic (exact) mass is 433 g/mol. The van der Waals surface area contributed by atoms with Crippen molar-refractivity contribution in [2.45, 2.75) is 19.4 Å². The van der Waals surface area contributed by atoms with Gasteiger partial charge in [-0.15, -0.1) is 0 Å². The summed E-state index contributed by atoms with van der Waals surface area (Å²) in [7, 11) is 1.87. The second kappa shape index (κ2) is 7.71. The summed E-state index contributed by atoms with van der Waals surface area (Å²) in [6.07, 6.45) is 3.79. The fourth-order valence-corrected chi connectivity index (χ4v) is 4.30. The van der Waals surface area contributed by atoms with Gasteiger partial charge in [-0.05, 0) is 41.8 Å². The molecule has 5 rings (SSSR count). The maximum atomic E-state index is 14.3. The molecule has 2 aromatic carbocycles. The zero-order valence-corrected chi connectivity index (χ0v) is 17.7. The van der Waals surface area contributed by atoms with Crippen molar-refractivity contribution < 1.29 is 13.6 Å². The summed E-state index contributed by atoms with van der Waals surface area (Å²) in [6.45, 7) is 2.68. The molecule has 162 valence electrons. The molecule has 0 fully saturated rings. The average molecular weight is 433 g/mol. The van der Waals surface area contributed by atoms with Gasteiger partial charge in [0.05, 0.1) is 6.20 Å². The largest absolute Gasteiger partial charge is 0.332 e. The van der Waals surface area contributed by atoms with Gasteiger partial charge in [-0.3, -0.25) is 9.48 Å². The van der Waals surface area contributed by atoms with Crippen molar-refractivity contribution in [2.75, 3.05) is 6.54 Å². The number of benzene rings is 2. The molecule has 8 heteroatoms. The highest BCUT2D eigenvalue weighted by Crippen LogP contribution is 2.34. The molecule has 0 spiro atoms. The standard InChI is InChI=1S/C24H21F2N5O/c1-15-9-22(28-31(15)23-8-7-18(25)10-21(23)26)24(32)30-13-16-5-3-4-6-19(16)20(14-30)17-11-27-29(2)12-17/h3-12,20H,13-14H2,1-2H3. The zero-order chi connectivity index (χ0) is 22.4. The summed E-state index contributed by atoms with van der Waals surface area (Å²) in [6, 6.07) is 13.0. The molecule has 1 aliphatic heterocycles. The molecule has 1 aliphatic rings. The van der Waals surface area contributed by atoms with Crippen molar-refractivity contribution >= 4 is 5.91 Å². The number of carbonyl (C=O) groups is 1. The minimum atomic E-state index is -0.737. The van der Waals surface area contributed by atoms with E-state index in [1.807, 2.05) is 37.6 Å². The van der Waals surface area contributed by atoms with Gasteiger partial charge in [0, 0.05) is 44.0 Å². The highest BCUT2D eigenvalue weighted by Gasteiger charge is 2.31. The van der Waals surface area contributed by atoms with Crippen LogP contribution < -0.4 is 0 Å². The van der Waals surface area contributed by atoms with E-state index in [0.29, 0.717) is 18.8 Å². The van der Waals surface area contributed by atoms with E-state index in [9.17, 15) is 13.6 Å². The zero-order valence-electron chi connectivity index (χ0n) is 17.7. The Morgan fingerprint density at radius 2 is 1.94 bits per heavy atom. The van der Waals surface area contributed by atoms with E-state index in [1.54, 1.807) is 22.6 Å². The predicted molar refractivity (Wildman–Crippen MR) is 114 cm³/mol. The molecule has 1 amide bonds. The van der Waals surface area contributed by atoms with Crippen LogP contribution in [0.4, 0.5) is 8.78 Å². The third kappa shape index (κ3) is 3.47. The third-order valence-electron chi connectivity index (χ3n) is 5.85. The lowest BCUT2D eigenvalue weighted by molar-refractivity contribution is 0.0718. The van der Waals surface area contributed by atoms with Crippen LogP contribution in [0.15, 0.2) is 60.9 Å². The van der Waals surface area contributed by atoms with Crippen molar-refractivity contribution in [1.82, 2.24) is 24.5 Å². The molecule has 0 saturated carbocycles. The molecule has 1 atom stereocenters. The number of aryl methyl sites for hydroxylation is 2. The Balaban J connectivity index is 1.48. The number of rotatable bonds is 3. The Morgan fingerprint density at radius 3 is 2.69 bits per heavy atom. The molecule has 0 bridgehead atoms. The Bertz CT molecular complexity index is 1330. The van der Waals surface area contributed by atoms with E-state index in [-0.39, 0.29) is 23.2 Å². The highest BCUT2D eigenvalue weighted by atomic mass is 19.1. The van der Waals surface area contributed by atoms with Crippen molar-refractivity contribution in [3.8, 4) is 5.69 Å². The predicted octanol–water partition coefficient (Wildman–Crippen LogP) is 3.98. The molecule has 0 radical (unpaired) electrons. The normalized spacial score (nSPS) is 15.6. The number of carbonyl (C=O) groups excluding carboxylic acids is 1. The number of hydrogen-bond acceptors (Lipinski definition) is 3. The Kier molecular flexibility index (Phi) is 4.84. The van der Waals surface area contributed by atoms with Crippen LogP contribution in [0.1, 0.15) is 38.8 Å². The van der Waals surface area contributed by atoms with E-state index in [4.69, 9.17) is 0 Å². The van der Waals surface area contributed by atoms with Gasteiger partial charge in [0.15, 0.2) is 11.5 Å². The first-order valence-corrected chi connectivity index (χ1v) is 10.3. The maximum Gasteiger partial charge on any atom is 0.274 e. The third-order valence-corrected chi connectivity index (χ3v) is 5.85. The highest BCUT2D eigenvalue weighted by molar-refractivity contribution is 5.92. The molecule has 0 aliphatic carbocycles. The molecule has 0 N–H and O–H groups in total. The van der Waals surface area contributed by atoms with Crippen LogP contribution in [0, 0.1) is 18.6 Å². The number of fused-ring (bicyclic) bond motifs is 1. The lowest BCUT2D eigenvalue weighted by atomic mass is 9.86. The quantitative estimate of drug-likeness (QED) is 0.491. The Morgan fingerprint density at radius 1 is 1.12 bits per heavy atom. The minimum absolute atomic E-state index is 0.00433. The molecular formula is C24H21F2N5O. The maximum absolute atomic E-state index is 14.3. The first-order valence-electron chi connectivity index (χ1n) is 10.3. The van der Waals surface area contributed by atoms with Crippen molar-refractivity contribution in [3.05, 3.63) is 101 Å². The molecule has 32 heavy (non-hydrogen) atoms. The van der Waals surface area contributed by atoms with E-state index < -0.39 is 11.6 Å². The number of halogens is 2. The van der Waals surface area contributed by atoms with Gasteiger partial charge in [-0.25, -0.2) is 13.5 Å². The van der Waals surface area contributed by atoms with Crippen LogP contribution in [0.2, 0.25) is 0 Å². The number of amides is 1. The van der Waals surface area contributed by atoms with Gasteiger partial charge < -0.3 is 4.90 Å². The summed E-state index contributed by atoms with van der Waals surface area (Å²) < 4.78 is 30.7. The van der Waals surface area contributed by atoms with Crippen LogP contribution in [0.3, 0.4) is 0 Å². The van der Waals surface area contributed by atoms with Crippen molar-refractivity contribution in [1.29, 1.82) is 0 Å². The van der Waals surface area contributed by atoms with Gasteiger partial charge in [-0.2, -0.15) is 10.2 Å². The van der Waals surface area contributed by atoms with Crippen LogP contribution in [0.25, 0.3) is 5.69 Å². The van der Waals surface area contributed by atoms with Crippen LogP contribution in [-0.4, -0.2) is 36.9 Å². The van der Waals surface area contributed by atoms with Crippen molar-refractivity contribution in [2.24, 2.45) is 7.05 Å². The lowest BCUT2D eigenvalue weighted by Crippen LogP contribution is -2.38. The van der Waals surface area contributed by atoms with Crippen LogP contribution >= 0.6 is 0 Å². The van der Waals surface area contributed by atoms with Crippen LogP contribution in [-0.2, 0) is 13.6 Å². The van der Waals surface area contributed by atoms with Gasteiger partial charge in [0.1, 0.15) is 11.5 Å². The summed E-state index contributed by atoms with van der Waals surface area (Å²) in [5.74, 6) is -1.65. The van der Waals surface area contributed by atoms with Gasteiger partial charge in [0.25, 0.3) is 5.91 Å². The number of aromatic nitrogens is 4. The molecule has 2 aromatic heterocycles. The summed E-state index contributed by atoms with van der Waals surface area (Å²) in [5, 5.41) is 8.64. The Hall–Kier alpha value is -3.81. The van der Waals surface area contributed by atoms with Gasteiger partial charge >= 0.3 is 0 Å². The summed E-state index contributed by atoms with van der Waals surface area (Å²) >= 11 is 0. The SMILES string of the molecule is Cc1cc(C(=O)N2Cc3ccccc3C(c3cnn(C)c3)C2)nn1-c1ccc(F)cc1F. The van der Waals surface area contributed by atoms with E-state index >= 15 is 0 Å². The lowest BCUT2D eigenvalue weighted by Gasteiger charge is -2.34. The summed E-state index contributed by atoms with van der Waals surface area (Å²) in [5.41, 5.74) is 4.18. The average Bonchev–Trinajstić information content (AvgIpc) is 3.38. The van der Waals surface area contributed by atoms with Gasteiger partial charge in [0.2, 0.25) is 0 Å². The minimum Gasteiger partial charge on any atom is -0.332 e. The second-order valence-electron chi connectivity index (χ2n) is 8.06. The number of hydrogen-bond donors (Lipinski definition) is 0. The molecular weight excluding hydrogens is 412 g/mol. The Labute approximate surface area is 183 Å². The molecule has 0 saturated heterocycles. The first-order chi connectivity index (χ1) is 15.4. The van der Waals surface area contributed by atoms with Crippen molar-refractivity contribution in [3.63, 3.8) is 0 Å². The first kappa shape index (κ1) is 20.1.